The number of hydrogen-bond acceptors (Lipinski definition) is 6. The molecular weight excluding hydrogens is 324 g/mol. The average molecular weight is 343 g/mol. The van der Waals surface area contributed by atoms with E-state index in [4.69, 9.17) is 35.3 Å². The van der Waals surface area contributed by atoms with E-state index in [0.717, 1.165) is 5.56 Å². The number of carbonyl (C=O) groups excluding carboxylic acids is 1. The first-order valence-electron chi connectivity index (χ1n) is 7.41. The predicted octanol–water partition coefficient (Wildman–Crippen LogP) is 2.01. The second-order valence-electron chi connectivity index (χ2n) is 5.47. The quantitative estimate of drug-likeness (QED) is 0.618. The molecular formula is C16H19ClO6. The summed E-state index contributed by atoms with van der Waals surface area (Å²) in [4.78, 5) is 11.4. The molecule has 7 heteroatoms. The van der Waals surface area contributed by atoms with E-state index in [1.165, 1.54) is 14.0 Å². The van der Waals surface area contributed by atoms with E-state index >= 15 is 0 Å². The smallest absolute Gasteiger partial charge is 0.303 e. The summed E-state index contributed by atoms with van der Waals surface area (Å²) in [6, 6.07) is 9.54. The number of halogens is 1. The Morgan fingerprint density at radius 1 is 1.26 bits per heavy atom. The molecule has 0 radical (unpaired) electrons. The van der Waals surface area contributed by atoms with Gasteiger partial charge in [-0.1, -0.05) is 30.3 Å². The van der Waals surface area contributed by atoms with Crippen LogP contribution in [0.4, 0.5) is 0 Å². The van der Waals surface area contributed by atoms with Crippen molar-refractivity contribution >= 4 is 17.6 Å². The second kappa shape index (κ2) is 7.15. The first-order valence-corrected chi connectivity index (χ1v) is 7.85. The van der Waals surface area contributed by atoms with Gasteiger partial charge in [0.2, 0.25) is 0 Å². The Hall–Kier alpha value is -1.18. The van der Waals surface area contributed by atoms with Crippen molar-refractivity contribution in [2.75, 3.05) is 13.7 Å². The Morgan fingerprint density at radius 3 is 2.65 bits per heavy atom. The van der Waals surface area contributed by atoms with Gasteiger partial charge in [0.25, 0.3) is 0 Å². The van der Waals surface area contributed by atoms with Gasteiger partial charge in [0, 0.05) is 19.6 Å². The Bertz CT molecular complexity index is 539. The number of carbonyl (C=O) groups is 1. The zero-order valence-electron chi connectivity index (χ0n) is 12.9. The number of ether oxygens (including phenoxy) is 5. The maximum atomic E-state index is 11.4. The minimum atomic E-state index is -0.692. The van der Waals surface area contributed by atoms with Gasteiger partial charge in [-0.05, 0) is 0 Å². The molecule has 0 amide bonds. The van der Waals surface area contributed by atoms with E-state index in [1.54, 1.807) is 0 Å². The standard InChI is InChI=1S/C16H19ClO6/c1-9(18)21-14-12(17)16(19-2)22-11-8-20-15(23-13(11)14)10-6-4-3-5-7-10/h3-7,11-16H,8H2,1-2H3/t11-,12+,13-,14-,15?,16+/m1/s1. The molecule has 3 rings (SSSR count). The molecule has 6 nitrogen and oxygen atoms in total. The van der Waals surface area contributed by atoms with Crippen LogP contribution in [0.2, 0.25) is 0 Å². The van der Waals surface area contributed by atoms with Crippen LogP contribution >= 0.6 is 11.6 Å². The Morgan fingerprint density at radius 2 is 2.00 bits per heavy atom. The fourth-order valence-corrected chi connectivity index (χ4v) is 3.19. The van der Waals surface area contributed by atoms with Crippen LogP contribution in [0, 0.1) is 0 Å². The Kier molecular flexibility index (Phi) is 5.18. The lowest BCUT2D eigenvalue weighted by molar-refractivity contribution is -0.333. The zero-order chi connectivity index (χ0) is 16.4. The van der Waals surface area contributed by atoms with Gasteiger partial charge in [-0.2, -0.15) is 0 Å². The molecule has 0 N–H and O–H groups in total. The van der Waals surface area contributed by atoms with Crippen LogP contribution in [0.3, 0.4) is 0 Å². The summed E-state index contributed by atoms with van der Waals surface area (Å²) in [6.45, 7) is 1.63. The van der Waals surface area contributed by atoms with Crippen molar-refractivity contribution in [3.8, 4) is 0 Å². The topological polar surface area (TPSA) is 63.2 Å². The Labute approximate surface area is 139 Å². The fraction of sp³-hybridized carbons (Fsp3) is 0.562. The summed E-state index contributed by atoms with van der Waals surface area (Å²) in [5.74, 6) is -0.428. The van der Waals surface area contributed by atoms with Gasteiger partial charge in [-0.15, -0.1) is 11.6 Å². The molecule has 6 atom stereocenters. The molecule has 0 bridgehead atoms. The van der Waals surface area contributed by atoms with Crippen molar-refractivity contribution in [2.24, 2.45) is 0 Å². The van der Waals surface area contributed by atoms with E-state index in [-0.39, 0.29) is 0 Å². The molecule has 0 saturated carbocycles. The minimum absolute atomic E-state index is 0.297. The molecule has 0 aliphatic carbocycles. The summed E-state index contributed by atoms with van der Waals surface area (Å²) in [5.41, 5.74) is 0.882. The van der Waals surface area contributed by atoms with Gasteiger partial charge in [-0.25, -0.2) is 0 Å². The van der Waals surface area contributed by atoms with Crippen LogP contribution in [0.15, 0.2) is 30.3 Å². The maximum Gasteiger partial charge on any atom is 0.303 e. The van der Waals surface area contributed by atoms with E-state index in [9.17, 15) is 4.79 Å². The van der Waals surface area contributed by atoms with Crippen molar-refractivity contribution in [2.45, 2.75) is 43.2 Å². The normalized spacial score (nSPS) is 37.0. The van der Waals surface area contributed by atoms with Crippen LogP contribution in [0.25, 0.3) is 0 Å². The van der Waals surface area contributed by atoms with Crippen molar-refractivity contribution in [1.82, 2.24) is 0 Å². The summed E-state index contributed by atoms with van der Waals surface area (Å²) in [7, 11) is 1.49. The van der Waals surface area contributed by atoms with Crippen molar-refractivity contribution in [3.05, 3.63) is 35.9 Å². The van der Waals surface area contributed by atoms with Gasteiger partial charge in [0.05, 0.1) is 6.61 Å². The van der Waals surface area contributed by atoms with Gasteiger partial charge in [0.15, 0.2) is 18.7 Å². The molecule has 1 aromatic rings. The number of benzene rings is 1. The third-order valence-corrected chi connectivity index (χ3v) is 4.33. The van der Waals surface area contributed by atoms with Gasteiger partial charge in [0.1, 0.15) is 17.6 Å². The number of methoxy groups -OCH3 is 1. The molecule has 1 unspecified atom stereocenters. The highest BCUT2D eigenvalue weighted by molar-refractivity contribution is 6.21. The zero-order valence-corrected chi connectivity index (χ0v) is 13.6. The highest BCUT2D eigenvalue weighted by Gasteiger charge is 2.51. The minimum Gasteiger partial charge on any atom is -0.458 e. The molecule has 2 aliphatic rings. The second-order valence-corrected chi connectivity index (χ2v) is 5.98. The molecule has 2 heterocycles. The summed E-state index contributed by atoms with van der Waals surface area (Å²) in [5, 5.41) is -0.667. The van der Waals surface area contributed by atoms with Gasteiger partial charge >= 0.3 is 5.97 Å². The van der Waals surface area contributed by atoms with Crippen LogP contribution in [-0.4, -0.2) is 49.7 Å². The highest BCUT2D eigenvalue weighted by Crippen LogP contribution is 2.37. The molecule has 2 fully saturated rings. The summed E-state index contributed by atoms with van der Waals surface area (Å²) < 4.78 is 28.1. The third kappa shape index (κ3) is 3.51. The van der Waals surface area contributed by atoms with E-state index in [1.807, 2.05) is 30.3 Å². The molecule has 126 valence electrons. The van der Waals surface area contributed by atoms with Crippen LogP contribution in [-0.2, 0) is 28.5 Å². The predicted molar refractivity (Wildman–Crippen MR) is 80.9 cm³/mol. The molecule has 0 spiro atoms. The van der Waals surface area contributed by atoms with Crippen molar-refractivity contribution < 1.29 is 28.5 Å². The van der Waals surface area contributed by atoms with Crippen molar-refractivity contribution in [1.29, 1.82) is 0 Å². The number of rotatable bonds is 3. The van der Waals surface area contributed by atoms with E-state index in [0.29, 0.717) is 6.61 Å². The number of esters is 1. The first kappa shape index (κ1) is 16.7. The fourth-order valence-electron chi connectivity index (χ4n) is 2.83. The number of alkyl halides is 1. The number of fused-ring (bicyclic) bond motifs is 1. The average Bonchev–Trinajstić information content (AvgIpc) is 2.57. The largest absolute Gasteiger partial charge is 0.458 e. The highest BCUT2D eigenvalue weighted by atomic mass is 35.5. The number of hydrogen-bond donors (Lipinski definition) is 0. The van der Waals surface area contributed by atoms with Crippen molar-refractivity contribution in [3.63, 3.8) is 0 Å². The lowest BCUT2D eigenvalue weighted by Crippen LogP contribution is -2.61. The lowest BCUT2D eigenvalue weighted by atomic mass is 9.99. The molecule has 2 aliphatic heterocycles. The molecule has 2 saturated heterocycles. The Balaban J connectivity index is 1.80. The molecule has 1 aromatic carbocycles. The van der Waals surface area contributed by atoms with Crippen LogP contribution in [0.5, 0.6) is 0 Å². The van der Waals surface area contributed by atoms with Crippen LogP contribution in [0.1, 0.15) is 18.8 Å². The van der Waals surface area contributed by atoms with Gasteiger partial charge in [-0.3, -0.25) is 4.79 Å². The lowest BCUT2D eigenvalue weighted by Gasteiger charge is -2.46. The molecule has 23 heavy (non-hydrogen) atoms. The maximum absolute atomic E-state index is 11.4. The van der Waals surface area contributed by atoms with E-state index < -0.39 is 42.2 Å². The summed E-state index contributed by atoms with van der Waals surface area (Å²) in [6.07, 6.45) is -2.86. The molecule has 0 aromatic heterocycles. The van der Waals surface area contributed by atoms with Crippen LogP contribution < -0.4 is 0 Å². The summed E-state index contributed by atoms with van der Waals surface area (Å²) >= 11 is 6.36. The SMILES string of the molecule is CO[C@H]1O[C@@H]2COC(c3ccccc3)O[C@H]2[C@H](OC(C)=O)[C@@H]1Cl. The van der Waals surface area contributed by atoms with E-state index in [2.05, 4.69) is 0 Å². The first-order chi connectivity index (χ1) is 11.1. The van der Waals surface area contributed by atoms with Gasteiger partial charge < -0.3 is 23.7 Å². The monoisotopic (exact) mass is 342 g/mol. The third-order valence-electron chi connectivity index (χ3n) is 3.87.